The molecule has 0 unspecified atom stereocenters. The Labute approximate surface area is 176 Å². The van der Waals surface area contributed by atoms with Gasteiger partial charge in [0.2, 0.25) is 0 Å². The molecule has 0 saturated heterocycles. The molecule has 0 aliphatic heterocycles. The van der Waals surface area contributed by atoms with E-state index in [0.29, 0.717) is 13.2 Å². The molecule has 2 aromatic carbocycles. The maximum atomic E-state index is 6.03. The van der Waals surface area contributed by atoms with Crippen LogP contribution in [0.5, 0.6) is 5.75 Å². The van der Waals surface area contributed by atoms with Crippen LogP contribution < -0.4 is 15.4 Å². The summed E-state index contributed by atoms with van der Waals surface area (Å²) in [4.78, 5) is 8.55. The number of aromatic nitrogens is 1. The fourth-order valence-electron chi connectivity index (χ4n) is 2.81. The standard InChI is InChI=1S/C23H25ClN4O/c1-25-23(27-13-11-18-6-4-8-20(24)14-18)28-16-19-7-5-10-22(15-19)29-17-21-9-2-3-12-26-21/h2-10,12,14-15H,11,13,16-17H2,1H3,(H2,25,27,28). The summed E-state index contributed by atoms with van der Waals surface area (Å²) in [6.07, 6.45) is 2.64. The molecule has 0 spiro atoms. The Morgan fingerprint density at radius 2 is 1.86 bits per heavy atom. The number of guanidine groups is 1. The van der Waals surface area contributed by atoms with E-state index < -0.39 is 0 Å². The molecule has 6 heteroatoms. The highest BCUT2D eigenvalue weighted by Gasteiger charge is 2.02. The number of hydrogen-bond donors (Lipinski definition) is 2. The Morgan fingerprint density at radius 1 is 1.00 bits per heavy atom. The second-order valence-corrected chi connectivity index (χ2v) is 6.93. The van der Waals surface area contributed by atoms with Crippen molar-refractivity contribution in [3.63, 3.8) is 0 Å². The lowest BCUT2D eigenvalue weighted by atomic mass is 10.1. The molecule has 0 saturated carbocycles. The summed E-state index contributed by atoms with van der Waals surface area (Å²) in [5, 5.41) is 7.41. The predicted molar refractivity (Wildman–Crippen MR) is 118 cm³/mol. The lowest BCUT2D eigenvalue weighted by molar-refractivity contribution is 0.301. The van der Waals surface area contributed by atoms with Gasteiger partial charge in [0.1, 0.15) is 12.4 Å². The Balaban J connectivity index is 1.45. The number of hydrogen-bond acceptors (Lipinski definition) is 3. The zero-order valence-corrected chi connectivity index (χ0v) is 17.2. The topological polar surface area (TPSA) is 58.5 Å². The molecule has 0 radical (unpaired) electrons. The van der Waals surface area contributed by atoms with Gasteiger partial charge in [0.15, 0.2) is 5.96 Å². The molecule has 29 heavy (non-hydrogen) atoms. The van der Waals surface area contributed by atoms with Crippen molar-refractivity contribution in [3.8, 4) is 5.75 Å². The molecule has 150 valence electrons. The average molecular weight is 409 g/mol. The van der Waals surface area contributed by atoms with Gasteiger partial charge in [-0.2, -0.15) is 0 Å². The van der Waals surface area contributed by atoms with Crippen molar-refractivity contribution in [2.24, 2.45) is 4.99 Å². The summed E-state index contributed by atoms with van der Waals surface area (Å²) < 4.78 is 5.84. The number of aliphatic imine (C=N–C) groups is 1. The second kappa shape index (κ2) is 11.1. The van der Waals surface area contributed by atoms with Gasteiger partial charge in [0.05, 0.1) is 5.69 Å². The number of halogens is 1. The fraction of sp³-hybridized carbons (Fsp3) is 0.217. The smallest absolute Gasteiger partial charge is 0.191 e. The first-order chi connectivity index (χ1) is 14.2. The van der Waals surface area contributed by atoms with Crippen molar-refractivity contribution in [2.45, 2.75) is 19.6 Å². The Bertz CT molecular complexity index is 931. The highest BCUT2D eigenvalue weighted by Crippen LogP contribution is 2.15. The van der Waals surface area contributed by atoms with E-state index in [4.69, 9.17) is 16.3 Å². The van der Waals surface area contributed by atoms with Crippen LogP contribution in [0.15, 0.2) is 77.9 Å². The molecule has 5 nitrogen and oxygen atoms in total. The van der Waals surface area contributed by atoms with Gasteiger partial charge in [-0.05, 0) is 53.9 Å². The molecular formula is C23H25ClN4O. The third-order valence-electron chi connectivity index (χ3n) is 4.29. The number of benzene rings is 2. The van der Waals surface area contributed by atoms with Gasteiger partial charge >= 0.3 is 0 Å². The molecule has 0 fully saturated rings. The zero-order chi connectivity index (χ0) is 20.3. The molecule has 2 N–H and O–H groups in total. The summed E-state index contributed by atoms with van der Waals surface area (Å²) in [6, 6.07) is 21.7. The average Bonchev–Trinajstić information content (AvgIpc) is 2.76. The summed E-state index contributed by atoms with van der Waals surface area (Å²) in [5.41, 5.74) is 3.21. The molecule has 0 aliphatic carbocycles. The summed E-state index contributed by atoms with van der Waals surface area (Å²) in [6.45, 7) is 1.87. The van der Waals surface area contributed by atoms with Crippen LogP contribution in [0, 0.1) is 0 Å². The first-order valence-corrected chi connectivity index (χ1v) is 9.91. The van der Waals surface area contributed by atoms with Crippen LogP contribution in [0.1, 0.15) is 16.8 Å². The third-order valence-corrected chi connectivity index (χ3v) is 4.53. The minimum atomic E-state index is 0.449. The van der Waals surface area contributed by atoms with Crippen molar-refractivity contribution in [2.75, 3.05) is 13.6 Å². The number of nitrogens with zero attached hydrogens (tertiary/aromatic N) is 2. The monoisotopic (exact) mass is 408 g/mol. The van der Waals surface area contributed by atoms with Crippen LogP contribution in [-0.4, -0.2) is 24.5 Å². The van der Waals surface area contributed by atoms with E-state index in [0.717, 1.165) is 41.0 Å². The Hall–Kier alpha value is -3.05. The summed E-state index contributed by atoms with van der Waals surface area (Å²) >= 11 is 6.03. The molecule has 1 heterocycles. The van der Waals surface area contributed by atoms with Gasteiger partial charge < -0.3 is 15.4 Å². The first kappa shape index (κ1) is 20.7. The molecular weight excluding hydrogens is 384 g/mol. The van der Waals surface area contributed by atoms with E-state index in [9.17, 15) is 0 Å². The molecule has 1 aromatic heterocycles. The van der Waals surface area contributed by atoms with Crippen LogP contribution in [-0.2, 0) is 19.6 Å². The largest absolute Gasteiger partial charge is 0.487 e. The Kier molecular flexibility index (Phi) is 7.90. The van der Waals surface area contributed by atoms with Gasteiger partial charge in [-0.15, -0.1) is 0 Å². The van der Waals surface area contributed by atoms with E-state index in [2.05, 4.69) is 32.7 Å². The SMILES string of the molecule is CN=C(NCCc1cccc(Cl)c1)NCc1cccc(OCc2ccccn2)c1. The lowest BCUT2D eigenvalue weighted by Gasteiger charge is -2.13. The zero-order valence-electron chi connectivity index (χ0n) is 16.4. The van der Waals surface area contributed by atoms with Crippen LogP contribution in [0.4, 0.5) is 0 Å². The molecule has 0 amide bonds. The molecule has 0 atom stereocenters. The summed E-state index contributed by atoms with van der Waals surface area (Å²) in [7, 11) is 1.76. The molecule has 0 aliphatic rings. The highest BCUT2D eigenvalue weighted by molar-refractivity contribution is 6.30. The van der Waals surface area contributed by atoms with Gasteiger partial charge in [0.25, 0.3) is 0 Å². The maximum absolute atomic E-state index is 6.03. The van der Waals surface area contributed by atoms with Gasteiger partial charge in [-0.1, -0.05) is 41.9 Å². The molecule has 3 aromatic rings. The lowest BCUT2D eigenvalue weighted by Crippen LogP contribution is -2.37. The normalized spacial score (nSPS) is 11.2. The number of ether oxygens (including phenoxy) is 1. The van der Waals surface area contributed by atoms with Gasteiger partial charge in [0, 0.05) is 31.4 Å². The fourth-order valence-corrected chi connectivity index (χ4v) is 3.02. The Morgan fingerprint density at radius 3 is 2.66 bits per heavy atom. The third kappa shape index (κ3) is 7.12. The van der Waals surface area contributed by atoms with E-state index in [1.54, 1.807) is 13.2 Å². The van der Waals surface area contributed by atoms with Crippen molar-refractivity contribution in [3.05, 3.63) is 94.8 Å². The van der Waals surface area contributed by atoms with E-state index >= 15 is 0 Å². The minimum absolute atomic E-state index is 0.449. The molecule has 3 rings (SSSR count). The predicted octanol–water partition coefficient (Wildman–Crippen LogP) is 4.22. The van der Waals surface area contributed by atoms with Crippen LogP contribution in [0.25, 0.3) is 0 Å². The second-order valence-electron chi connectivity index (χ2n) is 6.49. The summed E-state index contributed by atoms with van der Waals surface area (Å²) in [5.74, 6) is 1.57. The quantitative estimate of drug-likeness (QED) is 0.432. The molecule has 0 bridgehead atoms. The van der Waals surface area contributed by atoms with E-state index in [-0.39, 0.29) is 0 Å². The van der Waals surface area contributed by atoms with E-state index in [1.165, 1.54) is 5.56 Å². The van der Waals surface area contributed by atoms with Crippen LogP contribution >= 0.6 is 11.6 Å². The number of rotatable bonds is 8. The van der Waals surface area contributed by atoms with Crippen molar-refractivity contribution in [1.82, 2.24) is 15.6 Å². The maximum Gasteiger partial charge on any atom is 0.191 e. The van der Waals surface area contributed by atoms with Gasteiger partial charge in [-0.25, -0.2) is 0 Å². The van der Waals surface area contributed by atoms with Gasteiger partial charge in [-0.3, -0.25) is 9.98 Å². The highest BCUT2D eigenvalue weighted by atomic mass is 35.5. The van der Waals surface area contributed by atoms with Crippen molar-refractivity contribution in [1.29, 1.82) is 0 Å². The number of nitrogens with one attached hydrogen (secondary N) is 2. The van der Waals surface area contributed by atoms with Crippen LogP contribution in [0.2, 0.25) is 5.02 Å². The van der Waals surface area contributed by atoms with Crippen molar-refractivity contribution < 1.29 is 4.74 Å². The van der Waals surface area contributed by atoms with Crippen LogP contribution in [0.3, 0.4) is 0 Å². The minimum Gasteiger partial charge on any atom is -0.487 e. The number of pyridine rings is 1. The van der Waals surface area contributed by atoms with E-state index in [1.807, 2.05) is 54.6 Å². The first-order valence-electron chi connectivity index (χ1n) is 9.53. The van der Waals surface area contributed by atoms with Crippen molar-refractivity contribution >= 4 is 17.6 Å².